The second-order valence-corrected chi connectivity index (χ2v) is 8.92. The Bertz CT molecular complexity index is 804. The number of hydrogen-bond acceptors (Lipinski definition) is 7. The molecule has 0 aromatic heterocycles. The summed E-state index contributed by atoms with van der Waals surface area (Å²) in [6.45, 7) is 0.444. The van der Waals surface area contributed by atoms with Gasteiger partial charge in [-0.05, 0) is 19.1 Å². The summed E-state index contributed by atoms with van der Waals surface area (Å²) in [4.78, 5) is -4.61. The molecule has 116 valence electrons. The summed E-state index contributed by atoms with van der Waals surface area (Å²) < 4.78 is 92.1. The van der Waals surface area contributed by atoms with Gasteiger partial charge in [0.1, 0.15) is 0 Å². The van der Waals surface area contributed by atoms with E-state index in [0.717, 1.165) is 0 Å². The molecule has 0 bridgehead atoms. The Morgan fingerprint density at radius 1 is 1.00 bits per heavy atom. The molecule has 0 saturated carbocycles. The van der Waals surface area contributed by atoms with Gasteiger partial charge in [-0.2, -0.15) is 25.3 Å². The first-order valence-corrected chi connectivity index (χ1v) is 9.01. The van der Waals surface area contributed by atoms with Crippen molar-refractivity contribution >= 4 is 30.4 Å². The van der Waals surface area contributed by atoms with Gasteiger partial charge < -0.3 is 5.73 Å². The van der Waals surface area contributed by atoms with Crippen molar-refractivity contribution in [2.24, 2.45) is 5.73 Å². The standard InChI is InChI=1S/C7H11NO9S3/c1-6(19(12,13)14)5(18(9,10)11)3-2-4-7(6,8)20(15,16)17/h2-4H,8H2,1H3,(H,9,10,11)(H,12,13,14)(H,15,16,17). The predicted octanol–water partition coefficient (Wildman–Crippen LogP) is -1.48. The number of allylic oxidation sites excluding steroid dienone is 2. The Labute approximate surface area is 115 Å². The van der Waals surface area contributed by atoms with Crippen molar-refractivity contribution in [3.63, 3.8) is 0 Å². The molecule has 0 saturated heterocycles. The van der Waals surface area contributed by atoms with Crippen LogP contribution in [-0.4, -0.2) is 48.5 Å². The summed E-state index contributed by atoms with van der Waals surface area (Å²) >= 11 is 0. The van der Waals surface area contributed by atoms with E-state index in [0.29, 0.717) is 25.2 Å². The second-order valence-electron chi connectivity index (χ2n) is 4.14. The summed E-state index contributed by atoms with van der Waals surface area (Å²) in [7, 11) is -16.1. The minimum atomic E-state index is -5.47. The molecule has 2 unspecified atom stereocenters. The van der Waals surface area contributed by atoms with Gasteiger partial charge in [0.05, 0.1) is 4.91 Å². The summed E-state index contributed by atoms with van der Waals surface area (Å²) in [6.07, 6.45) is 1.73. The third-order valence-electron chi connectivity index (χ3n) is 3.03. The Hall–Kier alpha value is -0.830. The molecule has 0 heterocycles. The average molecular weight is 349 g/mol. The smallest absolute Gasteiger partial charge is 0.292 e. The molecule has 0 aliphatic heterocycles. The SMILES string of the molecule is CC1(S(=O)(=O)O)C(S(=O)(=O)O)=CC=CC1(N)S(=O)(=O)O. The van der Waals surface area contributed by atoms with Crippen LogP contribution in [0.3, 0.4) is 0 Å². The summed E-state index contributed by atoms with van der Waals surface area (Å²) in [5.74, 6) is 0. The minimum Gasteiger partial charge on any atom is -0.306 e. The van der Waals surface area contributed by atoms with Gasteiger partial charge in [0.2, 0.25) is 0 Å². The van der Waals surface area contributed by atoms with Crippen molar-refractivity contribution in [2.45, 2.75) is 16.5 Å². The van der Waals surface area contributed by atoms with Crippen LogP contribution in [0.1, 0.15) is 6.92 Å². The van der Waals surface area contributed by atoms with Crippen LogP contribution < -0.4 is 5.73 Å². The van der Waals surface area contributed by atoms with E-state index in [2.05, 4.69) is 0 Å². The van der Waals surface area contributed by atoms with Crippen LogP contribution >= 0.6 is 0 Å². The van der Waals surface area contributed by atoms with Crippen molar-refractivity contribution in [1.82, 2.24) is 0 Å². The zero-order valence-electron chi connectivity index (χ0n) is 9.83. The van der Waals surface area contributed by atoms with Gasteiger partial charge >= 0.3 is 0 Å². The summed E-state index contributed by atoms with van der Waals surface area (Å²) in [5.41, 5.74) is 5.31. The molecule has 0 fully saturated rings. The van der Waals surface area contributed by atoms with Gasteiger partial charge in [0, 0.05) is 0 Å². The van der Waals surface area contributed by atoms with Crippen LogP contribution in [0, 0.1) is 0 Å². The quantitative estimate of drug-likeness (QED) is 0.437. The fourth-order valence-electron chi connectivity index (χ4n) is 1.78. The normalized spacial score (nSPS) is 31.9. The lowest BCUT2D eigenvalue weighted by atomic mass is 9.95. The molecule has 13 heteroatoms. The van der Waals surface area contributed by atoms with E-state index in [9.17, 15) is 29.8 Å². The highest BCUT2D eigenvalue weighted by molar-refractivity contribution is 7.95. The number of nitrogens with two attached hydrogens (primary N) is 1. The van der Waals surface area contributed by atoms with Gasteiger partial charge in [-0.3, -0.25) is 13.7 Å². The van der Waals surface area contributed by atoms with E-state index in [1.54, 1.807) is 0 Å². The molecule has 20 heavy (non-hydrogen) atoms. The predicted molar refractivity (Wildman–Crippen MR) is 67.2 cm³/mol. The lowest BCUT2D eigenvalue weighted by Crippen LogP contribution is -2.68. The first-order chi connectivity index (χ1) is 8.59. The molecule has 2 atom stereocenters. The van der Waals surface area contributed by atoms with E-state index in [4.69, 9.17) is 14.8 Å². The maximum atomic E-state index is 11.5. The molecular weight excluding hydrogens is 338 g/mol. The lowest BCUT2D eigenvalue weighted by molar-refractivity contribution is 0.386. The van der Waals surface area contributed by atoms with Gasteiger partial charge in [0.15, 0.2) is 9.62 Å². The molecule has 0 aromatic rings. The molecule has 5 N–H and O–H groups in total. The third kappa shape index (κ3) is 2.20. The highest BCUT2D eigenvalue weighted by Crippen LogP contribution is 2.43. The largest absolute Gasteiger partial charge is 0.306 e. The molecule has 0 radical (unpaired) electrons. The van der Waals surface area contributed by atoms with Crippen LogP contribution in [0.15, 0.2) is 23.1 Å². The molecular formula is C7H11NO9S3. The van der Waals surface area contributed by atoms with Crippen LogP contribution in [-0.2, 0) is 30.4 Å². The highest BCUT2D eigenvalue weighted by Gasteiger charge is 2.66. The van der Waals surface area contributed by atoms with E-state index in [-0.39, 0.29) is 0 Å². The number of hydrogen-bond donors (Lipinski definition) is 4. The van der Waals surface area contributed by atoms with Crippen LogP contribution in [0.25, 0.3) is 0 Å². The zero-order valence-corrected chi connectivity index (χ0v) is 12.3. The zero-order chi connectivity index (χ0) is 16.2. The van der Waals surface area contributed by atoms with Crippen molar-refractivity contribution in [1.29, 1.82) is 0 Å². The van der Waals surface area contributed by atoms with Gasteiger partial charge in [-0.1, -0.05) is 6.08 Å². The van der Waals surface area contributed by atoms with E-state index >= 15 is 0 Å². The lowest BCUT2D eigenvalue weighted by Gasteiger charge is -2.40. The Balaban J connectivity index is 3.99. The molecule has 1 rings (SSSR count). The Morgan fingerprint density at radius 2 is 1.45 bits per heavy atom. The maximum absolute atomic E-state index is 11.5. The van der Waals surface area contributed by atoms with Crippen LogP contribution in [0.5, 0.6) is 0 Å². The van der Waals surface area contributed by atoms with Crippen LogP contribution in [0.2, 0.25) is 0 Å². The van der Waals surface area contributed by atoms with Crippen molar-refractivity contribution in [2.75, 3.05) is 0 Å². The second kappa shape index (κ2) is 4.33. The van der Waals surface area contributed by atoms with Crippen molar-refractivity contribution < 1.29 is 38.9 Å². The van der Waals surface area contributed by atoms with Gasteiger partial charge in [-0.25, -0.2) is 0 Å². The van der Waals surface area contributed by atoms with Crippen LogP contribution in [0.4, 0.5) is 0 Å². The molecule has 1 aliphatic rings. The monoisotopic (exact) mass is 349 g/mol. The summed E-state index contributed by atoms with van der Waals surface area (Å²) in [6, 6.07) is 0. The first kappa shape index (κ1) is 17.2. The van der Waals surface area contributed by atoms with Crippen molar-refractivity contribution in [3.05, 3.63) is 23.1 Å². The maximum Gasteiger partial charge on any atom is 0.292 e. The molecule has 0 aromatic carbocycles. The Kier molecular flexibility index (Phi) is 3.73. The highest BCUT2D eigenvalue weighted by atomic mass is 32.2. The molecule has 0 spiro atoms. The fourth-order valence-corrected chi connectivity index (χ4v) is 5.67. The topological polar surface area (TPSA) is 189 Å². The third-order valence-corrected chi connectivity index (χ3v) is 7.37. The summed E-state index contributed by atoms with van der Waals surface area (Å²) in [5, 5.41) is 0. The fraction of sp³-hybridized carbons (Fsp3) is 0.429. The molecule has 1 aliphatic carbocycles. The Morgan fingerprint density at radius 3 is 1.75 bits per heavy atom. The van der Waals surface area contributed by atoms with E-state index in [1.807, 2.05) is 0 Å². The van der Waals surface area contributed by atoms with Crippen molar-refractivity contribution in [3.8, 4) is 0 Å². The molecule has 0 amide bonds. The van der Waals surface area contributed by atoms with E-state index < -0.39 is 44.9 Å². The minimum absolute atomic E-state index is 0.444. The first-order valence-electron chi connectivity index (χ1n) is 4.69. The van der Waals surface area contributed by atoms with Gasteiger partial charge in [0.25, 0.3) is 30.4 Å². The average Bonchev–Trinajstić information content (AvgIpc) is 2.16. The molecule has 10 nitrogen and oxygen atoms in total. The van der Waals surface area contributed by atoms with Gasteiger partial charge in [-0.15, -0.1) is 0 Å². The number of rotatable bonds is 3. The van der Waals surface area contributed by atoms with E-state index in [1.165, 1.54) is 0 Å².